The van der Waals surface area contributed by atoms with Crippen molar-refractivity contribution in [3.05, 3.63) is 94.8 Å². The van der Waals surface area contributed by atoms with Crippen LogP contribution in [0.15, 0.2) is 54.6 Å². The highest BCUT2D eigenvalue weighted by atomic mass is 19.3. The van der Waals surface area contributed by atoms with Gasteiger partial charge in [-0.25, -0.2) is 22.0 Å². The standard InChI is InChI=1S/C37H39F7O2/c1-2-3-4-5-23-6-8-24(9-7-23)27-14-15-35(45-22-27)26-12-10-25(11-13-26)28-18-31(38)30(32(39)19-28)16-17-37(43,44)46-29-20-33(40)36(42)34(41)21-29/h10-13,16-21,23-24,27,35H,2-9,14-15,22H2,1H3. The van der Waals surface area contributed by atoms with Crippen LogP contribution in [0.2, 0.25) is 0 Å². The number of hydrogen-bond donors (Lipinski definition) is 0. The molecule has 248 valence electrons. The lowest BCUT2D eigenvalue weighted by atomic mass is 9.72. The van der Waals surface area contributed by atoms with Crippen LogP contribution in [0.1, 0.15) is 88.4 Å². The molecule has 2 fully saturated rings. The molecule has 1 heterocycles. The Morgan fingerprint density at radius 1 is 0.761 bits per heavy atom. The van der Waals surface area contributed by atoms with Gasteiger partial charge < -0.3 is 9.47 Å². The van der Waals surface area contributed by atoms with Crippen LogP contribution in [0.3, 0.4) is 0 Å². The van der Waals surface area contributed by atoms with E-state index in [1.807, 2.05) is 12.1 Å². The number of rotatable bonds is 11. The van der Waals surface area contributed by atoms with E-state index >= 15 is 0 Å². The van der Waals surface area contributed by atoms with Crippen molar-refractivity contribution in [3.63, 3.8) is 0 Å². The summed E-state index contributed by atoms with van der Waals surface area (Å²) in [5.74, 6) is -6.29. The van der Waals surface area contributed by atoms with Gasteiger partial charge in [0.1, 0.15) is 17.4 Å². The molecule has 0 radical (unpaired) electrons. The van der Waals surface area contributed by atoms with Crippen LogP contribution in [0.25, 0.3) is 17.2 Å². The molecule has 2 atom stereocenters. The molecule has 1 aliphatic carbocycles. The smallest absolute Gasteiger partial charge is 0.419 e. The number of halogens is 7. The van der Waals surface area contributed by atoms with Crippen LogP contribution in [-0.4, -0.2) is 12.7 Å². The minimum absolute atomic E-state index is 0.0382. The van der Waals surface area contributed by atoms with Crippen LogP contribution in [-0.2, 0) is 4.74 Å². The van der Waals surface area contributed by atoms with Gasteiger partial charge in [-0.05, 0) is 78.3 Å². The minimum atomic E-state index is -4.21. The van der Waals surface area contributed by atoms with Gasteiger partial charge in [0.15, 0.2) is 17.5 Å². The third-order valence-corrected chi connectivity index (χ3v) is 9.44. The van der Waals surface area contributed by atoms with Gasteiger partial charge in [-0.1, -0.05) is 69.7 Å². The van der Waals surface area contributed by atoms with Gasteiger partial charge in [-0.3, -0.25) is 0 Å². The molecule has 0 amide bonds. The molecule has 9 heteroatoms. The van der Waals surface area contributed by atoms with Crippen molar-refractivity contribution in [2.24, 2.45) is 17.8 Å². The first-order valence-corrected chi connectivity index (χ1v) is 16.1. The Labute approximate surface area is 265 Å². The molecule has 1 aliphatic heterocycles. The Hall–Kier alpha value is -3.33. The summed E-state index contributed by atoms with van der Waals surface area (Å²) >= 11 is 0. The van der Waals surface area contributed by atoms with Gasteiger partial charge in [0.25, 0.3) is 0 Å². The lowest BCUT2D eigenvalue weighted by Gasteiger charge is -2.38. The Morgan fingerprint density at radius 3 is 1.98 bits per heavy atom. The van der Waals surface area contributed by atoms with Gasteiger partial charge in [0.05, 0.1) is 12.7 Å². The van der Waals surface area contributed by atoms with Crippen molar-refractivity contribution < 1.29 is 40.2 Å². The summed E-state index contributed by atoms with van der Waals surface area (Å²) in [6.07, 6.45) is 8.85. The molecular weight excluding hydrogens is 609 g/mol. The minimum Gasteiger partial charge on any atom is -0.429 e. The number of benzene rings is 3. The van der Waals surface area contributed by atoms with Crippen molar-refractivity contribution in [2.75, 3.05) is 6.61 Å². The Kier molecular flexibility index (Phi) is 11.1. The van der Waals surface area contributed by atoms with E-state index in [1.165, 1.54) is 51.4 Å². The highest BCUT2D eigenvalue weighted by Crippen LogP contribution is 2.42. The fraction of sp³-hybridized carbons (Fsp3) is 0.459. The second-order valence-electron chi connectivity index (χ2n) is 12.6. The number of hydrogen-bond acceptors (Lipinski definition) is 2. The van der Waals surface area contributed by atoms with Crippen LogP contribution < -0.4 is 4.74 Å². The Bertz CT molecular complexity index is 1440. The van der Waals surface area contributed by atoms with E-state index in [-0.39, 0.29) is 29.9 Å². The SMILES string of the molecule is CCCCCC1CCC(C2CCC(c3ccc(-c4cc(F)c(C=CC(F)(F)Oc5cc(F)c(F)c(F)c5)c(F)c4)cc3)OC2)CC1. The molecule has 0 spiro atoms. The molecule has 46 heavy (non-hydrogen) atoms. The highest BCUT2D eigenvalue weighted by molar-refractivity contribution is 5.67. The third-order valence-electron chi connectivity index (χ3n) is 9.44. The summed E-state index contributed by atoms with van der Waals surface area (Å²) < 4.78 is 108. The maximum atomic E-state index is 14.9. The van der Waals surface area contributed by atoms with Crippen molar-refractivity contribution in [3.8, 4) is 16.9 Å². The van der Waals surface area contributed by atoms with E-state index in [9.17, 15) is 30.7 Å². The molecule has 2 nitrogen and oxygen atoms in total. The third kappa shape index (κ3) is 8.52. The first-order valence-electron chi connectivity index (χ1n) is 16.1. The molecule has 5 rings (SSSR count). The second-order valence-corrected chi connectivity index (χ2v) is 12.6. The van der Waals surface area contributed by atoms with E-state index < -0.39 is 46.5 Å². The summed E-state index contributed by atoms with van der Waals surface area (Å²) in [7, 11) is 0. The van der Waals surface area contributed by atoms with Gasteiger partial charge in [0.2, 0.25) is 0 Å². The molecule has 2 aliphatic rings. The zero-order valence-corrected chi connectivity index (χ0v) is 25.8. The summed E-state index contributed by atoms with van der Waals surface area (Å²) in [6.45, 7) is 2.99. The zero-order chi connectivity index (χ0) is 32.8. The van der Waals surface area contributed by atoms with E-state index in [0.29, 0.717) is 17.6 Å². The topological polar surface area (TPSA) is 18.5 Å². The van der Waals surface area contributed by atoms with E-state index in [2.05, 4.69) is 11.7 Å². The van der Waals surface area contributed by atoms with Crippen molar-refractivity contribution in [2.45, 2.75) is 83.3 Å². The predicted octanol–water partition coefficient (Wildman–Crippen LogP) is 11.6. The molecule has 0 aromatic heterocycles. The maximum Gasteiger partial charge on any atom is 0.419 e. The molecule has 3 aromatic carbocycles. The summed E-state index contributed by atoms with van der Waals surface area (Å²) in [5.41, 5.74) is 0.991. The van der Waals surface area contributed by atoms with Crippen LogP contribution in [0, 0.1) is 46.8 Å². The molecule has 3 aromatic rings. The number of alkyl halides is 2. The Balaban J connectivity index is 1.16. The molecule has 0 N–H and O–H groups in total. The quantitative estimate of drug-likeness (QED) is 0.117. The lowest BCUT2D eigenvalue weighted by Crippen LogP contribution is -2.29. The van der Waals surface area contributed by atoms with Gasteiger partial charge in [-0.2, -0.15) is 8.78 Å². The van der Waals surface area contributed by atoms with Crippen LogP contribution in [0.4, 0.5) is 30.7 Å². The normalized spacial score (nSPS) is 22.3. The fourth-order valence-corrected chi connectivity index (χ4v) is 6.80. The molecule has 1 saturated carbocycles. The average Bonchev–Trinajstić information content (AvgIpc) is 3.03. The number of ether oxygens (including phenoxy) is 2. The molecule has 0 bridgehead atoms. The largest absolute Gasteiger partial charge is 0.429 e. The molecule has 1 saturated heterocycles. The zero-order valence-electron chi connectivity index (χ0n) is 25.8. The van der Waals surface area contributed by atoms with Crippen molar-refractivity contribution in [1.82, 2.24) is 0 Å². The predicted molar refractivity (Wildman–Crippen MR) is 164 cm³/mol. The fourth-order valence-electron chi connectivity index (χ4n) is 6.80. The summed E-state index contributed by atoms with van der Waals surface area (Å²) in [6, 6.07) is 9.78. The van der Waals surface area contributed by atoms with E-state index in [1.54, 1.807) is 12.1 Å². The average molecular weight is 649 g/mol. The van der Waals surface area contributed by atoms with Crippen LogP contribution >= 0.6 is 0 Å². The van der Waals surface area contributed by atoms with E-state index in [0.717, 1.165) is 49.0 Å². The molecule has 2 unspecified atom stereocenters. The summed E-state index contributed by atoms with van der Waals surface area (Å²) in [4.78, 5) is 0. The van der Waals surface area contributed by atoms with E-state index in [4.69, 9.17) is 4.74 Å². The van der Waals surface area contributed by atoms with Crippen LogP contribution in [0.5, 0.6) is 5.75 Å². The first kappa shape index (κ1) is 34.0. The highest BCUT2D eigenvalue weighted by Gasteiger charge is 2.32. The molecular formula is C37H39F7O2. The Morgan fingerprint density at radius 2 is 1.39 bits per heavy atom. The summed E-state index contributed by atoms with van der Waals surface area (Å²) in [5, 5.41) is 0. The second kappa shape index (κ2) is 15.1. The monoisotopic (exact) mass is 648 g/mol. The lowest BCUT2D eigenvalue weighted by molar-refractivity contribution is -0.131. The van der Waals surface area contributed by atoms with Crippen molar-refractivity contribution in [1.29, 1.82) is 0 Å². The van der Waals surface area contributed by atoms with Gasteiger partial charge >= 0.3 is 6.11 Å². The number of unbranched alkanes of at least 4 members (excludes halogenated alkanes) is 2. The van der Waals surface area contributed by atoms with Gasteiger partial charge in [0, 0.05) is 23.8 Å². The maximum absolute atomic E-state index is 14.9. The first-order chi connectivity index (χ1) is 22.0. The van der Waals surface area contributed by atoms with Gasteiger partial charge in [-0.15, -0.1) is 0 Å². The van der Waals surface area contributed by atoms with Crippen molar-refractivity contribution >= 4 is 6.08 Å².